The minimum absolute atomic E-state index is 0.147. The van der Waals surface area contributed by atoms with Gasteiger partial charge in [-0.05, 0) is 55.8 Å². The Morgan fingerprint density at radius 2 is 1.75 bits per heavy atom. The van der Waals surface area contributed by atoms with Gasteiger partial charge in [-0.15, -0.1) is 0 Å². The molecule has 7 nitrogen and oxygen atoms in total. The molecule has 0 aromatic heterocycles. The van der Waals surface area contributed by atoms with E-state index < -0.39 is 0 Å². The van der Waals surface area contributed by atoms with Gasteiger partial charge in [-0.2, -0.15) is 0 Å². The van der Waals surface area contributed by atoms with Crippen LogP contribution in [-0.2, 0) is 16.0 Å². The number of methoxy groups -OCH3 is 1. The largest absolute Gasteiger partial charge is 0.492 e. The van der Waals surface area contributed by atoms with Gasteiger partial charge in [0, 0.05) is 45.0 Å². The summed E-state index contributed by atoms with van der Waals surface area (Å²) in [6.45, 7) is 4.55. The summed E-state index contributed by atoms with van der Waals surface area (Å²) in [7, 11) is 3.77. The number of amides is 1. The van der Waals surface area contributed by atoms with Crippen molar-refractivity contribution in [3.8, 4) is 11.5 Å². The SMILES string of the molecule is COCCOc1cccc(C(=O)NCc2cccc(OCCN(C)C3CCOCC3)c2)c1. The van der Waals surface area contributed by atoms with Crippen LogP contribution in [0.5, 0.6) is 11.5 Å². The normalized spacial score (nSPS) is 14.3. The monoisotopic (exact) mass is 442 g/mol. The first-order valence-electron chi connectivity index (χ1n) is 11.2. The third kappa shape index (κ3) is 7.82. The van der Waals surface area contributed by atoms with Crippen LogP contribution in [-0.4, -0.2) is 70.6 Å². The van der Waals surface area contributed by atoms with E-state index in [1.165, 1.54) is 0 Å². The van der Waals surface area contributed by atoms with Crippen molar-refractivity contribution in [1.82, 2.24) is 10.2 Å². The molecule has 1 N–H and O–H groups in total. The molecule has 0 aliphatic carbocycles. The molecule has 1 saturated heterocycles. The Bertz CT molecular complexity index is 839. The number of hydrogen-bond acceptors (Lipinski definition) is 6. The summed E-state index contributed by atoms with van der Waals surface area (Å²) in [4.78, 5) is 14.9. The summed E-state index contributed by atoms with van der Waals surface area (Å²) in [5, 5.41) is 2.96. The van der Waals surface area contributed by atoms with Gasteiger partial charge in [-0.25, -0.2) is 0 Å². The van der Waals surface area contributed by atoms with Crippen LogP contribution < -0.4 is 14.8 Å². The van der Waals surface area contributed by atoms with Gasteiger partial charge in [-0.3, -0.25) is 9.69 Å². The molecule has 174 valence electrons. The zero-order chi connectivity index (χ0) is 22.6. The quantitative estimate of drug-likeness (QED) is 0.510. The smallest absolute Gasteiger partial charge is 0.251 e. The highest BCUT2D eigenvalue weighted by Gasteiger charge is 2.18. The number of rotatable bonds is 12. The third-order valence-electron chi connectivity index (χ3n) is 5.53. The van der Waals surface area contributed by atoms with Crippen molar-refractivity contribution in [3.63, 3.8) is 0 Å². The zero-order valence-electron chi connectivity index (χ0n) is 19.0. The molecule has 0 spiro atoms. The number of carbonyl (C=O) groups excluding carboxylic acids is 1. The van der Waals surface area contributed by atoms with E-state index in [1.54, 1.807) is 19.2 Å². The lowest BCUT2D eigenvalue weighted by Gasteiger charge is -2.31. The number of nitrogens with zero attached hydrogens (tertiary/aromatic N) is 1. The van der Waals surface area contributed by atoms with Gasteiger partial charge in [0.15, 0.2) is 0 Å². The number of carbonyl (C=O) groups is 1. The van der Waals surface area contributed by atoms with Gasteiger partial charge in [0.25, 0.3) is 5.91 Å². The lowest BCUT2D eigenvalue weighted by molar-refractivity contribution is 0.0392. The number of ether oxygens (including phenoxy) is 4. The average molecular weight is 443 g/mol. The second kappa shape index (κ2) is 13.1. The highest BCUT2D eigenvalue weighted by molar-refractivity contribution is 5.94. The minimum atomic E-state index is -0.147. The Morgan fingerprint density at radius 1 is 1.03 bits per heavy atom. The second-order valence-corrected chi connectivity index (χ2v) is 7.87. The van der Waals surface area contributed by atoms with E-state index in [0.29, 0.717) is 43.7 Å². The summed E-state index contributed by atoms with van der Waals surface area (Å²) in [5.41, 5.74) is 1.55. The molecule has 0 bridgehead atoms. The van der Waals surface area contributed by atoms with Crippen LogP contribution in [0, 0.1) is 0 Å². The summed E-state index contributed by atoms with van der Waals surface area (Å²) in [5.74, 6) is 1.31. The maximum atomic E-state index is 12.5. The maximum Gasteiger partial charge on any atom is 0.251 e. The highest BCUT2D eigenvalue weighted by Crippen LogP contribution is 2.16. The summed E-state index contributed by atoms with van der Waals surface area (Å²) >= 11 is 0. The Labute approximate surface area is 190 Å². The van der Waals surface area contributed by atoms with Gasteiger partial charge in [0.05, 0.1) is 6.61 Å². The molecule has 1 aliphatic heterocycles. The number of likely N-dealkylation sites (N-methyl/N-ethyl adjacent to an activating group) is 1. The molecular weight excluding hydrogens is 408 g/mol. The van der Waals surface area contributed by atoms with Crippen molar-refractivity contribution in [2.45, 2.75) is 25.4 Å². The molecule has 2 aromatic rings. The van der Waals surface area contributed by atoms with Gasteiger partial charge in [-0.1, -0.05) is 18.2 Å². The van der Waals surface area contributed by atoms with Crippen molar-refractivity contribution in [2.24, 2.45) is 0 Å². The van der Waals surface area contributed by atoms with Crippen molar-refractivity contribution in [2.75, 3.05) is 53.7 Å². The van der Waals surface area contributed by atoms with E-state index in [1.807, 2.05) is 36.4 Å². The van der Waals surface area contributed by atoms with Crippen molar-refractivity contribution >= 4 is 5.91 Å². The first kappa shape index (κ1) is 24.0. The van der Waals surface area contributed by atoms with E-state index >= 15 is 0 Å². The highest BCUT2D eigenvalue weighted by atomic mass is 16.5. The van der Waals surface area contributed by atoms with E-state index in [0.717, 1.165) is 43.9 Å². The lowest BCUT2D eigenvalue weighted by Crippen LogP contribution is -2.38. The second-order valence-electron chi connectivity index (χ2n) is 7.87. The first-order valence-corrected chi connectivity index (χ1v) is 11.2. The topological polar surface area (TPSA) is 69.3 Å². The molecule has 0 unspecified atom stereocenters. The van der Waals surface area contributed by atoms with Crippen molar-refractivity contribution in [1.29, 1.82) is 0 Å². The molecule has 1 aliphatic rings. The molecule has 0 radical (unpaired) electrons. The van der Waals surface area contributed by atoms with Crippen LogP contribution in [0.1, 0.15) is 28.8 Å². The van der Waals surface area contributed by atoms with E-state index in [4.69, 9.17) is 18.9 Å². The number of benzene rings is 2. The van der Waals surface area contributed by atoms with E-state index in [9.17, 15) is 4.79 Å². The first-order chi connectivity index (χ1) is 15.7. The predicted octanol–water partition coefficient (Wildman–Crippen LogP) is 3.13. The Morgan fingerprint density at radius 3 is 2.53 bits per heavy atom. The van der Waals surface area contributed by atoms with Crippen LogP contribution >= 0.6 is 0 Å². The fourth-order valence-electron chi connectivity index (χ4n) is 3.62. The van der Waals surface area contributed by atoms with Crippen LogP contribution in [0.15, 0.2) is 48.5 Å². The fraction of sp³-hybridized carbons (Fsp3) is 0.480. The van der Waals surface area contributed by atoms with Gasteiger partial charge < -0.3 is 24.3 Å². The Balaban J connectivity index is 1.44. The van der Waals surface area contributed by atoms with Gasteiger partial charge in [0.2, 0.25) is 0 Å². The number of nitrogens with one attached hydrogen (secondary N) is 1. The van der Waals surface area contributed by atoms with Crippen molar-refractivity contribution in [3.05, 3.63) is 59.7 Å². The molecule has 32 heavy (non-hydrogen) atoms. The molecule has 1 amide bonds. The molecule has 7 heteroatoms. The van der Waals surface area contributed by atoms with E-state index in [2.05, 4.69) is 17.3 Å². The summed E-state index contributed by atoms with van der Waals surface area (Å²) < 4.78 is 21.9. The zero-order valence-corrected chi connectivity index (χ0v) is 19.0. The minimum Gasteiger partial charge on any atom is -0.492 e. The standard InChI is InChI=1S/C25H34N2O5/c1-27(22-9-12-30-13-10-22)11-14-31-23-7-3-5-20(17-23)19-26-25(28)21-6-4-8-24(18-21)32-16-15-29-2/h3-8,17-18,22H,9-16,19H2,1-2H3,(H,26,28). The van der Waals surface area contributed by atoms with Crippen molar-refractivity contribution < 1.29 is 23.7 Å². The molecule has 0 saturated carbocycles. The van der Waals surface area contributed by atoms with E-state index in [-0.39, 0.29) is 5.91 Å². The Kier molecular flexibility index (Phi) is 9.81. The molecule has 2 aromatic carbocycles. The summed E-state index contributed by atoms with van der Waals surface area (Å²) in [6, 6.07) is 15.6. The third-order valence-corrected chi connectivity index (χ3v) is 5.53. The molecule has 1 heterocycles. The molecule has 1 fully saturated rings. The Hall–Kier alpha value is -2.61. The average Bonchev–Trinajstić information content (AvgIpc) is 2.83. The molecule has 0 atom stereocenters. The van der Waals surface area contributed by atoms with Gasteiger partial charge >= 0.3 is 0 Å². The van der Waals surface area contributed by atoms with Gasteiger partial charge in [0.1, 0.15) is 24.7 Å². The number of hydrogen-bond donors (Lipinski definition) is 1. The van der Waals surface area contributed by atoms with Crippen LogP contribution in [0.3, 0.4) is 0 Å². The van der Waals surface area contributed by atoms with Crippen LogP contribution in [0.25, 0.3) is 0 Å². The predicted molar refractivity (Wildman–Crippen MR) is 123 cm³/mol. The molecule has 3 rings (SSSR count). The summed E-state index contributed by atoms with van der Waals surface area (Å²) in [6.07, 6.45) is 2.15. The fourth-order valence-corrected chi connectivity index (χ4v) is 3.62. The van der Waals surface area contributed by atoms with Crippen LogP contribution in [0.2, 0.25) is 0 Å². The lowest BCUT2D eigenvalue weighted by atomic mass is 10.1. The molecular formula is C25H34N2O5. The maximum absolute atomic E-state index is 12.5. The van der Waals surface area contributed by atoms with Crippen LogP contribution in [0.4, 0.5) is 0 Å².